The van der Waals surface area contributed by atoms with Gasteiger partial charge in [0.05, 0.1) is 15.4 Å². The largest absolute Gasteiger partial charge is 0.322 e. The van der Waals surface area contributed by atoms with Crippen molar-refractivity contribution < 1.29 is 22.5 Å². The van der Waals surface area contributed by atoms with Crippen LogP contribution in [0.15, 0.2) is 46.3 Å². The number of hydrogen-bond donors (Lipinski definition) is 2. The summed E-state index contributed by atoms with van der Waals surface area (Å²) in [5.74, 6) is -1.32. The number of carbonyl (C=O) groups excluding carboxylic acids is 1. The third-order valence-electron chi connectivity index (χ3n) is 4.30. The van der Waals surface area contributed by atoms with Crippen molar-refractivity contribution >= 4 is 33.1 Å². The lowest BCUT2D eigenvalue weighted by atomic mass is 10.1. The van der Waals surface area contributed by atoms with Crippen LogP contribution in [-0.4, -0.2) is 31.6 Å². The molecule has 0 aliphatic carbocycles. The van der Waals surface area contributed by atoms with Crippen molar-refractivity contribution in [1.82, 2.24) is 4.72 Å². The molecule has 11 heteroatoms. The molecule has 1 amide bonds. The summed E-state index contributed by atoms with van der Waals surface area (Å²) < 4.78 is 41.3. The van der Waals surface area contributed by atoms with Crippen LogP contribution >= 0.6 is 0 Å². The highest BCUT2D eigenvalue weighted by molar-refractivity contribution is 7.90. The number of rotatable bonds is 5. The molecule has 2 N–H and O–H groups in total. The number of nitro benzene ring substituents is 1. The number of benzene rings is 2. The summed E-state index contributed by atoms with van der Waals surface area (Å²) >= 11 is 0. The molecule has 3 rings (SSSR count). The van der Waals surface area contributed by atoms with Crippen LogP contribution in [0.2, 0.25) is 0 Å². The number of anilines is 1. The van der Waals surface area contributed by atoms with Gasteiger partial charge in [0.2, 0.25) is 0 Å². The summed E-state index contributed by atoms with van der Waals surface area (Å²) in [6, 6.07) is 7.31. The van der Waals surface area contributed by atoms with Gasteiger partial charge >= 0.3 is 0 Å². The molecule has 152 valence electrons. The van der Waals surface area contributed by atoms with Crippen LogP contribution in [0.25, 0.3) is 0 Å². The smallest absolute Gasteiger partial charge is 0.276 e. The van der Waals surface area contributed by atoms with Crippen molar-refractivity contribution in [3.63, 3.8) is 0 Å². The lowest BCUT2D eigenvalue weighted by molar-refractivity contribution is -0.385. The number of amidine groups is 1. The Hall–Kier alpha value is -3.34. The number of hydrogen-bond acceptors (Lipinski definition) is 6. The van der Waals surface area contributed by atoms with E-state index in [9.17, 15) is 27.7 Å². The summed E-state index contributed by atoms with van der Waals surface area (Å²) in [6.45, 7) is 1.80. The molecular formula is C18H17FN4O5S. The van der Waals surface area contributed by atoms with Crippen LogP contribution in [0.3, 0.4) is 0 Å². The Morgan fingerprint density at radius 2 is 2.03 bits per heavy atom. The van der Waals surface area contributed by atoms with E-state index in [0.29, 0.717) is 18.8 Å². The number of nitrogens with zero attached hydrogens (tertiary/aromatic N) is 2. The lowest BCUT2D eigenvalue weighted by Crippen LogP contribution is -2.29. The van der Waals surface area contributed by atoms with Crippen molar-refractivity contribution in [1.29, 1.82) is 0 Å². The number of nitrogens with one attached hydrogen (secondary N) is 2. The van der Waals surface area contributed by atoms with Crippen molar-refractivity contribution in [3.8, 4) is 0 Å². The minimum atomic E-state index is -3.88. The lowest BCUT2D eigenvalue weighted by Gasteiger charge is -2.10. The normalized spacial score (nSPS) is 13.7. The highest BCUT2D eigenvalue weighted by Crippen LogP contribution is 2.24. The summed E-state index contributed by atoms with van der Waals surface area (Å²) in [5.41, 5.74) is -0.824. The van der Waals surface area contributed by atoms with Gasteiger partial charge in [0.25, 0.3) is 21.6 Å². The van der Waals surface area contributed by atoms with Crippen LogP contribution in [0.4, 0.5) is 15.8 Å². The molecule has 0 fully saturated rings. The van der Waals surface area contributed by atoms with Gasteiger partial charge in [0.1, 0.15) is 11.7 Å². The van der Waals surface area contributed by atoms with Gasteiger partial charge in [-0.2, -0.15) is 0 Å². The molecule has 0 unspecified atom stereocenters. The van der Waals surface area contributed by atoms with Crippen LogP contribution < -0.4 is 10.0 Å². The zero-order chi connectivity index (χ0) is 21.2. The maximum Gasteiger partial charge on any atom is 0.276 e. The van der Waals surface area contributed by atoms with Crippen molar-refractivity contribution in [2.45, 2.75) is 24.7 Å². The van der Waals surface area contributed by atoms with E-state index in [4.69, 9.17) is 0 Å². The topological polar surface area (TPSA) is 131 Å². The van der Waals surface area contributed by atoms with E-state index in [1.165, 1.54) is 31.2 Å². The second-order valence-electron chi connectivity index (χ2n) is 6.38. The fourth-order valence-corrected chi connectivity index (χ4v) is 3.90. The number of sulfonamides is 1. The molecule has 0 saturated carbocycles. The maximum absolute atomic E-state index is 13.9. The van der Waals surface area contributed by atoms with Gasteiger partial charge in [0, 0.05) is 30.3 Å². The Morgan fingerprint density at radius 3 is 2.69 bits per heavy atom. The number of amides is 1. The molecule has 0 aromatic heterocycles. The quantitative estimate of drug-likeness (QED) is 0.567. The molecule has 29 heavy (non-hydrogen) atoms. The summed E-state index contributed by atoms with van der Waals surface area (Å²) in [7, 11) is -3.88. The molecule has 1 aliphatic heterocycles. The second-order valence-corrected chi connectivity index (χ2v) is 8.06. The fraction of sp³-hybridized carbons (Fsp3) is 0.222. The van der Waals surface area contributed by atoms with Crippen molar-refractivity contribution in [2.24, 2.45) is 4.99 Å². The van der Waals surface area contributed by atoms with E-state index >= 15 is 0 Å². The van der Waals surface area contributed by atoms with Crippen LogP contribution in [0, 0.1) is 22.9 Å². The molecule has 0 saturated heterocycles. The molecular weight excluding hydrogens is 403 g/mol. The van der Waals surface area contributed by atoms with E-state index in [1.807, 2.05) is 0 Å². The first-order valence-corrected chi connectivity index (χ1v) is 10.1. The molecule has 9 nitrogen and oxygen atoms in total. The molecule has 2 aromatic rings. The standard InChI is InChI=1S/C18H17FN4O5S/c1-11-15(19)8-12(9-16(11)23(25)26)18(24)21-13-4-2-5-14(10-13)29(27,28)22-17-6-3-7-20-17/h2,4-5,8-10H,3,6-7H2,1H3,(H,20,22)(H,21,24). The van der Waals surface area contributed by atoms with Gasteiger partial charge in [-0.3, -0.25) is 24.6 Å². The molecule has 2 aromatic carbocycles. The fourth-order valence-electron chi connectivity index (χ4n) is 2.77. The number of nitro groups is 1. The van der Waals surface area contributed by atoms with Gasteiger partial charge in [-0.1, -0.05) is 6.07 Å². The second kappa shape index (κ2) is 7.95. The van der Waals surface area contributed by atoms with Crippen molar-refractivity contribution in [2.75, 3.05) is 11.9 Å². The third-order valence-corrected chi connectivity index (χ3v) is 5.68. The van der Waals surface area contributed by atoms with E-state index in [0.717, 1.165) is 18.6 Å². The molecule has 1 heterocycles. The Balaban J connectivity index is 1.83. The maximum atomic E-state index is 13.9. The Labute approximate surface area is 165 Å². The summed E-state index contributed by atoms with van der Waals surface area (Å²) in [6.07, 6.45) is 1.31. The average Bonchev–Trinajstić information content (AvgIpc) is 3.16. The average molecular weight is 420 g/mol. The minimum absolute atomic E-state index is 0.0917. The van der Waals surface area contributed by atoms with Gasteiger partial charge in [-0.15, -0.1) is 0 Å². The molecule has 0 spiro atoms. The Morgan fingerprint density at radius 1 is 1.28 bits per heavy atom. The monoisotopic (exact) mass is 420 g/mol. The Bertz CT molecular complexity index is 1130. The number of halogens is 1. The first-order chi connectivity index (χ1) is 13.7. The highest BCUT2D eigenvalue weighted by atomic mass is 32.2. The van der Waals surface area contributed by atoms with Gasteiger partial charge < -0.3 is 5.32 Å². The first-order valence-electron chi connectivity index (χ1n) is 8.59. The van der Waals surface area contributed by atoms with Gasteiger partial charge in [0.15, 0.2) is 0 Å². The van der Waals surface area contributed by atoms with Crippen molar-refractivity contribution in [3.05, 3.63) is 63.5 Å². The first kappa shape index (κ1) is 20.4. The van der Waals surface area contributed by atoms with Gasteiger partial charge in [-0.25, -0.2) is 12.8 Å². The highest BCUT2D eigenvalue weighted by Gasteiger charge is 2.21. The number of aliphatic imine (C=N–C) groups is 1. The van der Waals surface area contributed by atoms with Crippen LogP contribution in [0.1, 0.15) is 28.8 Å². The molecule has 0 radical (unpaired) electrons. The zero-order valence-electron chi connectivity index (χ0n) is 15.3. The predicted molar refractivity (Wildman–Crippen MR) is 104 cm³/mol. The SMILES string of the molecule is Cc1c(F)cc(C(=O)Nc2cccc(S(=O)(=O)NC3=NCCC3)c2)cc1[N+](=O)[O-]. The van der Waals surface area contributed by atoms with E-state index in [2.05, 4.69) is 15.0 Å². The summed E-state index contributed by atoms with van der Waals surface area (Å²) in [4.78, 5) is 26.6. The predicted octanol–water partition coefficient (Wildman–Crippen LogP) is 2.77. The minimum Gasteiger partial charge on any atom is -0.322 e. The molecule has 1 aliphatic rings. The number of carbonyl (C=O) groups is 1. The van der Waals surface area contributed by atoms with Crippen LogP contribution in [0.5, 0.6) is 0 Å². The van der Waals surface area contributed by atoms with Crippen LogP contribution in [-0.2, 0) is 10.0 Å². The van der Waals surface area contributed by atoms with Gasteiger partial charge in [-0.05, 0) is 37.6 Å². The zero-order valence-corrected chi connectivity index (χ0v) is 16.1. The van der Waals surface area contributed by atoms with E-state index in [1.54, 1.807) is 0 Å². The van der Waals surface area contributed by atoms with E-state index < -0.39 is 32.4 Å². The van der Waals surface area contributed by atoms with E-state index in [-0.39, 0.29) is 21.7 Å². The Kier molecular flexibility index (Phi) is 5.59. The third kappa shape index (κ3) is 4.57. The summed E-state index contributed by atoms with van der Waals surface area (Å²) in [5, 5.41) is 13.5. The molecule has 0 atom stereocenters. The molecule has 0 bridgehead atoms.